The molecular weight excluding hydrogens is 146 g/mol. The van der Waals surface area contributed by atoms with Crippen molar-refractivity contribution in [3.05, 3.63) is 0 Å². The van der Waals surface area contributed by atoms with Crippen LogP contribution in [0, 0.1) is 17.8 Å². The van der Waals surface area contributed by atoms with Gasteiger partial charge in [-0.3, -0.25) is 0 Å². The lowest BCUT2D eigenvalue weighted by Crippen LogP contribution is -2.46. The summed E-state index contributed by atoms with van der Waals surface area (Å²) in [6, 6.07) is 0. The molecule has 4 saturated carbocycles. The van der Waals surface area contributed by atoms with Gasteiger partial charge in [0.1, 0.15) is 0 Å². The zero-order valence-electron chi connectivity index (χ0n) is 7.76. The first-order valence-electron chi connectivity index (χ1n) is 5.52. The first-order valence-corrected chi connectivity index (χ1v) is 5.52. The number of hydrogen-bond donors (Lipinski definition) is 1. The molecule has 0 radical (unpaired) electrons. The molecule has 0 aliphatic heterocycles. The van der Waals surface area contributed by atoms with Crippen LogP contribution in [0.25, 0.3) is 0 Å². The highest BCUT2D eigenvalue weighted by molar-refractivity contribution is 5.01. The summed E-state index contributed by atoms with van der Waals surface area (Å²) in [5.74, 6) is 3.08. The highest BCUT2D eigenvalue weighted by Crippen LogP contribution is 2.51. The van der Waals surface area contributed by atoms with E-state index in [4.69, 9.17) is 5.73 Å². The normalized spacial score (nSPS) is 57.2. The van der Waals surface area contributed by atoms with E-state index in [2.05, 4.69) is 0 Å². The van der Waals surface area contributed by atoms with E-state index < -0.39 is 0 Å². The predicted octanol–water partition coefficient (Wildman–Crippen LogP) is 2.30. The standard InChI is InChI=1S/C11H19N/c12-11-2-1-8-3-9(6-11)5-10(4-8)7-11/h8-10H,1-7,12H2/t8?,9-,10-,11?/m1/s1. The first-order chi connectivity index (χ1) is 5.73. The van der Waals surface area contributed by atoms with Crippen LogP contribution in [0.2, 0.25) is 0 Å². The molecule has 0 amide bonds. The van der Waals surface area contributed by atoms with E-state index in [1.54, 1.807) is 0 Å². The van der Waals surface area contributed by atoms with Crippen LogP contribution in [-0.4, -0.2) is 5.54 Å². The Morgan fingerprint density at radius 3 is 2.17 bits per heavy atom. The third kappa shape index (κ3) is 1.02. The van der Waals surface area contributed by atoms with Crippen LogP contribution >= 0.6 is 0 Å². The zero-order valence-corrected chi connectivity index (χ0v) is 7.76. The van der Waals surface area contributed by atoms with Crippen molar-refractivity contribution in [1.82, 2.24) is 0 Å². The van der Waals surface area contributed by atoms with Crippen molar-refractivity contribution in [1.29, 1.82) is 0 Å². The van der Waals surface area contributed by atoms with Gasteiger partial charge < -0.3 is 5.73 Å². The Morgan fingerprint density at radius 1 is 0.917 bits per heavy atom. The van der Waals surface area contributed by atoms with Gasteiger partial charge in [0.25, 0.3) is 0 Å². The van der Waals surface area contributed by atoms with Gasteiger partial charge in [-0.05, 0) is 62.7 Å². The van der Waals surface area contributed by atoms with E-state index >= 15 is 0 Å². The molecule has 0 aromatic carbocycles. The summed E-state index contributed by atoms with van der Waals surface area (Å²) in [7, 11) is 0. The van der Waals surface area contributed by atoms with Gasteiger partial charge in [0.2, 0.25) is 0 Å². The van der Waals surface area contributed by atoms with E-state index in [-0.39, 0.29) is 5.54 Å². The van der Waals surface area contributed by atoms with Gasteiger partial charge in [0, 0.05) is 5.54 Å². The molecule has 4 aliphatic rings. The molecular formula is C11H19N. The lowest BCUT2D eigenvalue weighted by atomic mass is 9.65. The number of fused-ring (bicyclic) bond motifs is 1. The largest absolute Gasteiger partial charge is 0.325 e. The Balaban J connectivity index is 1.94. The van der Waals surface area contributed by atoms with Crippen molar-refractivity contribution >= 4 is 0 Å². The third-order valence-corrected chi connectivity index (χ3v) is 4.44. The molecule has 0 unspecified atom stereocenters. The molecule has 12 heavy (non-hydrogen) atoms. The SMILES string of the molecule is NC12CCC3C[C@H](C[C@@H](C3)C1)C2. The van der Waals surface area contributed by atoms with E-state index in [0.717, 1.165) is 17.8 Å². The molecule has 0 spiro atoms. The van der Waals surface area contributed by atoms with Crippen LogP contribution in [0.4, 0.5) is 0 Å². The summed E-state index contributed by atoms with van der Waals surface area (Å²) < 4.78 is 0. The maximum absolute atomic E-state index is 6.42. The second-order valence-corrected chi connectivity index (χ2v) is 5.61. The van der Waals surface area contributed by atoms with E-state index in [1.807, 2.05) is 0 Å². The van der Waals surface area contributed by atoms with Crippen molar-refractivity contribution in [3.63, 3.8) is 0 Å². The van der Waals surface area contributed by atoms with Crippen LogP contribution in [0.3, 0.4) is 0 Å². The Bertz CT molecular complexity index is 185. The summed E-state index contributed by atoms with van der Waals surface area (Å²) in [5.41, 5.74) is 6.69. The fraction of sp³-hybridized carbons (Fsp3) is 1.00. The minimum absolute atomic E-state index is 0.277. The molecule has 4 fully saturated rings. The molecule has 4 rings (SSSR count). The molecule has 0 saturated heterocycles. The summed E-state index contributed by atoms with van der Waals surface area (Å²) in [6.07, 6.45) is 9.98. The molecule has 2 N–H and O–H groups in total. The van der Waals surface area contributed by atoms with Crippen LogP contribution in [0.15, 0.2) is 0 Å². The Hall–Kier alpha value is -0.0400. The minimum Gasteiger partial charge on any atom is -0.325 e. The molecule has 68 valence electrons. The van der Waals surface area contributed by atoms with Crippen molar-refractivity contribution < 1.29 is 0 Å². The topological polar surface area (TPSA) is 26.0 Å². The van der Waals surface area contributed by atoms with Crippen molar-refractivity contribution in [2.75, 3.05) is 0 Å². The Labute approximate surface area is 74.7 Å². The maximum atomic E-state index is 6.42. The summed E-state index contributed by atoms with van der Waals surface area (Å²) in [5, 5.41) is 0. The van der Waals surface area contributed by atoms with Gasteiger partial charge in [0.05, 0.1) is 0 Å². The fourth-order valence-corrected chi connectivity index (χ4v) is 4.20. The van der Waals surface area contributed by atoms with Gasteiger partial charge in [-0.2, -0.15) is 0 Å². The molecule has 0 aromatic heterocycles. The molecule has 1 nitrogen and oxygen atoms in total. The number of hydrogen-bond acceptors (Lipinski definition) is 1. The van der Waals surface area contributed by atoms with Gasteiger partial charge in [-0.15, -0.1) is 0 Å². The monoisotopic (exact) mass is 165 g/mol. The maximum Gasteiger partial charge on any atom is 0.0159 e. The van der Waals surface area contributed by atoms with Crippen LogP contribution < -0.4 is 5.73 Å². The lowest BCUT2D eigenvalue weighted by molar-refractivity contribution is 0.117. The van der Waals surface area contributed by atoms with E-state index in [0.29, 0.717) is 0 Å². The average molecular weight is 165 g/mol. The van der Waals surface area contributed by atoms with Gasteiger partial charge in [0.15, 0.2) is 0 Å². The summed E-state index contributed by atoms with van der Waals surface area (Å²) in [6.45, 7) is 0. The van der Waals surface area contributed by atoms with Crippen molar-refractivity contribution in [2.45, 2.75) is 50.5 Å². The average Bonchev–Trinajstić information content (AvgIpc) is 2.14. The minimum atomic E-state index is 0.277. The molecule has 2 atom stereocenters. The molecule has 0 aromatic rings. The predicted molar refractivity (Wildman–Crippen MR) is 49.7 cm³/mol. The third-order valence-electron chi connectivity index (χ3n) is 4.44. The number of rotatable bonds is 0. The lowest BCUT2D eigenvalue weighted by Gasteiger charge is -2.43. The van der Waals surface area contributed by atoms with E-state index in [1.165, 1.54) is 44.9 Å². The van der Waals surface area contributed by atoms with Gasteiger partial charge in [-0.1, -0.05) is 0 Å². The van der Waals surface area contributed by atoms with Gasteiger partial charge in [-0.25, -0.2) is 0 Å². The quantitative estimate of drug-likeness (QED) is 0.585. The zero-order chi connectivity index (χ0) is 8.18. The van der Waals surface area contributed by atoms with Crippen molar-refractivity contribution in [3.8, 4) is 0 Å². The van der Waals surface area contributed by atoms with Crippen molar-refractivity contribution in [2.24, 2.45) is 23.5 Å². The highest BCUT2D eigenvalue weighted by atomic mass is 14.8. The fourth-order valence-electron chi connectivity index (χ4n) is 4.20. The van der Waals surface area contributed by atoms with Crippen LogP contribution in [0.5, 0.6) is 0 Å². The van der Waals surface area contributed by atoms with E-state index in [9.17, 15) is 0 Å². The van der Waals surface area contributed by atoms with Gasteiger partial charge >= 0.3 is 0 Å². The molecule has 4 aliphatic carbocycles. The Morgan fingerprint density at radius 2 is 1.50 bits per heavy atom. The summed E-state index contributed by atoms with van der Waals surface area (Å²) in [4.78, 5) is 0. The molecule has 0 heterocycles. The Kier molecular flexibility index (Phi) is 1.39. The second-order valence-electron chi connectivity index (χ2n) is 5.61. The first kappa shape index (κ1) is 7.37. The smallest absolute Gasteiger partial charge is 0.0159 e. The van der Waals surface area contributed by atoms with Crippen LogP contribution in [0.1, 0.15) is 44.9 Å². The number of nitrogens with two attached hydrogens (primary N) is 1. The summed E-state index contributed by atoms with van der Waals surface area (Å²) >= 11 is 0. The molecule has 1 heteroatoms. The highest BCUT2D eigenvalue weighted by Gasteiger charge is 2.45. The second kappa shape index (κ2) is 2.25. The van der Waals surface area contributed by atoms with Crippen LogP contribution in [-0.2, 0) is 0 Å². The molecule has 4 bridgehead atoms.